The Kier molecular flexibility index (Phi) is 10.2. The molecule has 0 fully saturated rings. The Labute approximate surface area is 156 Å². The molecule has 0 amide bonds. The highest BCUT2D eigenvalue weighted by atomic mass is 127. The van der Waals surface area contributed by atoms with Crippen LogP contribution in [0, 0.1) is 5.92 Å². The first-order chi connectivity index (χ1) is 9.90. The number of nitrogens with one attached hydrogen (secondary N) is 2. The van der Waals surface area contributed by atoms with Crippen LogP contribution in [0.2, 0.25) is 0 Å². The molecule has 4 nitrogen and oxygen atoms in total. The molecule has 6 heteroatoms. The molecule has 1 rings (SSSR count). The minimum atomic E-state index is 0. The molecule has 2 N–H and O–H groups in total. The zero-order valence-electron chi connectivity index (χ0n) is 14.7. The van der Waals surface area contributed by atoms with Crippen molar-refractivity contribution in [2.24, 2.45) is 10.9 Å². The first kappa shape index (κ1) is 21.6. The Hall–Kier alpha value is -0.370. The first-order valence-corrected chi connectivity index (χ1v) is 8.68. The first-order valence-electron chi connectivity index (χ1n) is 7.80. The van der Waals surface area contributed by atoms with Crippen LogP contribution in [0.5, 0.6) is 0 Å². The summed E-state index contributed by atoms with van der Waals surface area (Å²) in [5.74, 6) is 1.56. The van der Waals surface area contributed by atoms with Crippen LogP contribution in [0.4, 0.5) is 0 Å². The maximum absolute atomic E-state index is 4.69. The highest BCUT2D eigenvalue weighted by Crippen LogP contribution is 2.23. The Morgan fingerprint density at radius 2 is 1.91 bits per heavy atom. The number of hydrogen-bond acceptors (Lipinski definition) is 3. The van der Waals surface area contributed by atoms with Crippen molar-refractivity contribution in [1.82, 2.24) is 15.6 Å². The number of guanidine groups is 1. The topological polar surface area (TPSA) is 49.3 Å². The summed E-state index contributed by atoms with van der Waals surface area (Å²) in [5.41, 5.74) is 1.27. The third kappa shape index (κ3) is 7.26. The van der Waals surface area contributed by atoms with Gasteiger partial charge in [0.15, 0.2) is 5.96 Å². The van der Waals surface area contributed by atoms with Gasteiger partial charge in [-0.2, -0.15) is 0 Å². The van der Waals surface area contributed by atoms with E-state index in [1.807, 2.05) is 7.05 Å². The fourth-order valence-corrected chi connectivity index (χ4v) is 2.90. The normalized spacial score (nSPS) is 12.2. The number of rotatable bonds is 6. The van der Waals surface area contributed by atoms with E-state index in [1.54, 1.807) is 11.3 Å². The van der Waals surface area contributed by atoms with Crippen LogP contribution in [0.15, 0.2) is 10.4 Å². The molecule has 0 aliphatic carbocycles. The van der Waals surface area contributed by atoms with Gasteiger partial charge in [0.2, 0.25) is 0 Å². The van der Waals surface area contributed by atoms with Gasteiger partial charge in [0, 0.05) is 24.4 Å². The van der Waals surface area contributed by atoms with Gasteiger partial charge in [-0.25, -0.2) is 4.98 Å². The molecule has 0 saturated carbocycles. The van der Waals surface area contributed by atoms with Crippen LogP contribution in [-0.2, 0) is 12.0 Å². The van der Waals surface area contributed by atoms with Gasteiger partial charge in [0.25, 0.3) is 0 Å². The number of nitrogens with zero attached hydrogens (tertiary/aromatic N) is 2. The summed E-state index contributed by atoms with van der Waals surface area (Å²) in [6.45, 7) is 12.7. The van der Waals surface area contributed by atoms with Gasteiger partial charge < -0.3 is 10.6 Å². The average Bonchev–Trinajstić information content (AvgIpc) is 2.92. The summed E-state index contributed by atoms with van der Waals surface area (Å²) >= 11 is 1.71. The van der Waals surface area contributed by atoms with Crippen molar-refractivity contribution in [2.75, 3.05) is 13.6 Å². The lowest BCUT2D eigenvalue weighted by molar-refractivity contribution is 0.481. The van der Waals surface area contributed by atoms with Gasteiger partial charge in [0.05, 0.1) is 12.2 Å². The summed E-state index contributed by atoms with van der Waals surface area (Å²) in [5, 5.41) is 9.99. The second-order valence-electron chi connectivity index (χ2n) is 6.37. The molecular weight excluding hydrogens is 407 g/mol. The van der Waals surface area contributed by atoms with Crippen molar-refractivity contribution >= 4 is 41.3 Å². The lowest BCUT2D eigenvalue weighted by atomic mass is 9.93. The van der Waals surface area contributed by atoms with E-state index in [-0.39, 0.29) is 29.4 Å². The van der Waals surface area contributed by atoms with E-state index in [0.717, 1.165) is 29.8 Å². The lowest BCUT2D eigenvalue weighted by Crippen LogP contribution is -2.39. The molecule has 0 spiro atoms. The van der Waals surface area contributed by atoms with Crippen molar-refractivity contribution in [2.45, 2.75) is 59.4 Å². The number of aliphatic imine (C=N–C) groups is 1. The molecule has 0 aliphatic rings. The predicted molar refractivity (Wildman–Crippen MR) is 109 cm³/mol. The van der Waals surface area contributed by atoms with E-state index in [0.29, 0.717) is 5.92 Å². The summed E-state index contributed by atoms with van der Waals surface area (Å²) < 4.78 is 0. The second-order valence-corrected chi connectivity index (χ2v) is 7.31. The van der Waals surface area contributed by atoms with Gasteiger partial charge in [-0.05, 0) is 5.92 Å². The Morgan fingerprint density at radius 3 is 2.36 bits per heavy atom. The van der Waals surface area contributed by atoms with Crippen molar-refractivity contribution < 1.29 is 0 Å². The maximum Gasteiger partial charge on any atom is 0.191 e. The molecule has 1 heterocycles. The maximum atomic E-state index is 4.69. The van der Waals surface area contributed by atoms with Gasteiger partial charge >= 0.3 is 0 Å². The third-order valence-corrected chi connectivity index (χ3v) is 4.51. The molecule has 0 saturated heterocycles. The van der Waals surface area contributed by atoms with Crippen molar-refractivity contribution in [1.29, 1.82) is 0 Å². The fourth-order valence-electron chi connectivity index (χ4n) is 1.93. The van der Waals surface area contributed by atoms with Gasteiger partial charge in [-0.15, -0.1) is 35.3 Å². The van der Waals surface area contributed by atoms with E-state index < -0.39 is 0 Å². The van der Waals surface area contributed by atoms with Crippen LogP contribution >= 0.6 is 35.3 Å². The Morgan fingerprint density at radius 1 is 1.27 bits per heavy atom. The number of thiazole rings is 1. The summed E-state index contributed by atoms with van der Waals surface area (Å²) in [6, 6.07) is 0. The lowest BCUT2D eigenvalue weighted by Gasteiger charge is -2.16. The molecule has 0 radical (unpaired) electrons. The molecule has 22 heavy (non-hydrogen) atoms. The summed E-state index contributed by atoms with van der Waals surface area (Å²) in [6.07, 6.45) is 2.39. The SMILES string of the molecule is CCC(CC)CNC(=NC)NCc1nc(C(C)(C)C)cs1.I. The molecule has 0 aliphatic heterocycles. The van der Waals surface area contributed by atoms with Gasteiger partial charge in [-0.3, -0.25) is 4.99 Å². The fraction of sp³-hybridized carbons (Fsp3) is 0.750. The summed E-state index contributed by atoms with van der Waals surface area (Å²) in [7, 11) is 1.81. The van der Waals surface area contributed by atoms with Gasteiger partial charge in [0.1, 0.15) is 5.01 Å². The average molecular weight is 438 g/mol. The zero-order chi connectivity index (χ0) is 15.9. The van der Waals surface area contributed by atoms with Crippen molar-refractivity contribution in [3.63, 3.8) is 0 Å². The van der Waals surface area contributed by atoms with E-state index >= 15 is 0 Å². The largest absolute Gasteiger partial charge is 0.356 e. The highest BCUT2D eigenvalue weighted by molar-refractivity contribution is 14.0. The monoisotopic (exact) mass is 438 g/mol. The van der Waals surface area contributed by atoms with Crippen LogP contribution < -0.4 is 10.6 Å². The number of hydrogen-bond donors (Lipinski definition) is 2. The molecular formula is C16H31IN4S. The van der Waals surface area contributed by atoms with E-state index in [9.17, 15) is 0 Å². The Balaban J connectivity index is 0.00000441. The molecule has 0 atom stereocenters. The summed E-state index contributed by atoms with van der Waals surface area (Å²) in [4.78, 5) is 8.96. The smallest absolute Gasteiger partial charge is 0.191 e. The second kappa shape index (κ2) is 10.4. The minimum Gasteiger partial charge on any atom is -0.356 e. The minimum absolute atomic E-state index is 0. The van der Waals surface area contributed by atoms with Gasteiger partial charge in [-0.1, -0.05) is 47.5 Å². The third-order valence-electron chi connectivity index (χ3n) is 3.66. The Bertz CT molecular complexity index is 447. The van der Waals surface area contributed by atoms with E-state index in [1.165, 1.54) is 12.8 Å². The van der Waals surface area contributed by atoms with E-state index in [2.05, 4.69) is 60.6 Å². The molecule has 0 unspecified atom stereocenters. The van der Waals surface area contributed by atoms with Crippen LogP contribution in [0.1, 0.15) is 58.2 Å². The molecule has 0 bridgehead atoms. The zero-order valence-corrected chi connectivity index (χ0v) is 17.8. The van der Waals surface area contributed by atoms with Crippen LogP contribution in [0.25, 0.3) is 0 Å². The van der Waals surface area contributed by atoms with Crippen molar-refractivity contribution in [3.8, 4) is 0 Å². The predicted octanol–water partition coefficient (Wildman–Crippen LogP) is 4.16. The molecule has 128 valence electrons. The van der Waals surface area contributed by atoms with Crippen molar-refractivity contribution in [3.05, 3.63) is 16.1 Å². The quantitative estimate of drug-likeness (QED) is 0.399. The molecule has 1 aromatic heterocycles. The standard InChI is InChI=1S/C16H30N4S.HI/c1-7-12(8-2)9-18-15(17-6)19-10-14-20-13(11-21-14)16(3,4)5;/h11-12H,7-10H2,1-6H3,(H2,17,18,19);1H. The molecule has 0 aromatic carbocycles. The molecule has 1 aromatic rings. The number of halogens is 1. The van der Waals surface area contributed by atoms with Crippen LogP contribution in [-0.4, -0.2) is 24.5 Å². The number of aromatic nitrogens is 1. The van der Waals surface area contributed by atoms with Crippen LogP contribution in [0.3, 0.4) is 0 Å². The van der Waals surface area contributed by atoms with E-state index in [4.69, 9.17) is 0 Å². The highest BCUT2D eigenvalue weighted by Gasteiger charge is 2.17.